The zero-order chi connectivity index (χ0) is 60.7. The number of ether oxygens (including phenoxy) is 1. The summed E-state index contributed by atoms with van der Waals surface area (Å²) in [5.41, 5.74) is 3.49. The Bertz CT molecular complexity index is 3300. The van der Waals surface area contributed by atoms with Gasteiger partial charge in [0, 0.05) is 64.1 Å². The molecule has 2 saturated heterocycles. The Morgan fingerprint density at radius 1 is 0.718 bits per heavy atom. The molecule has 3 aliphatic rings. The van der Waals surface area contributed by atoms with Gasteiger partial charge in [0.1, 0.15) is 54.7 Å². The van der Waals surface area contributed by atoms with E-state index in [4.69, 9.17) is 13.6 Å². The number of fused-ring (bicyclic) bond motifs is 1. The number of aliphatic hydroxyl groups excluding tert-OH is 1. The number of benzene rings is 2. The van der Waals surface area contributed by atoms with Crippen LogP contribution in [0.4, 0.5) is 31.1 Å². The molecule has 5 atom stereocenters. The van der Waals surface area contributed by atoms with Crippen LogP contribution in [0.15, 0.2) is 149 Å². The second-order valence-corrected chi connectivity index (χ2v) is 22.9. The van der Waals surface area contributed by atoms with Gasteiger partial charge in [-0.15, -0.1) is 0 Å². The molecule has 4 amide bonds. The number of nitrogens with one attached hydrogen (secondary N) is 3. The summed E-state index contributed by atoms with van der Waals surface area (Å²) in [6, 6.07) is 31.3. The van der Waals surface area contributed by atoms with Crippen molar-refractivity contribution in [3.05, 3.63) is 169 Å². The molecular formula is C59H65F6N9O10S. The molecule has 0 radical (unpaired) electrons. The number of β-amino-alcohol motifs (C(OH)–C–C–N with tert-alkyl or cyclic N) is 1. The van der Waals surface area contributed by atoms with Crippen LogP contribution in [-0.4, -0.2) is 169 Å². The number of piperazine rings is 2. The van der Waals surface area contributed by atoms with Gasteiger partial charge in [-0.25, -0.2) is 13.2 Å². The minimum atomic E-state index is -4.61. The first kappa shape index (κ1) is 63.1. The first-order chi connectivity index (χ1) is 40.6. The normalized spacial score (nSPS) is 19.0. The van der Waals surface area contributed by atoms with Crippen LogP contribution in [0.5, 0.6) is 0 Å². The van der Waals surface area contributed by atoms with Gasteiger partial charge in [-0.3, -0.25) is 44.0 Å². The lowest BCUT2D eigenvalue weighted by molar-refractivity contribution is -0.143. The highest BCUT2D eigenvalue weighted by molar-refractivity contribution is 7.90. The molecule has 0 aliphatic carbocycles. The van der Waals surface area contributed by atoms with Crippen LogP contribution in [-0.2, 0) is 54.2 Å². The van der Waals surface area contributed by atoms with Gasteiger partial charge in [0.2, 0.25) is 17.7 Å². The fraction of sp³-hybridized carbons (Fsp3) is 0.390. The molecule has 0 saturated carbocycles. The highest BCUT2D eigenvalue weighted by atomic mass is 32.2. The minimum Gasteiger partial charge on any atom is -0.458 e. The number of amides is 4. The van der Waals surface area contributed by atoms with E-state index >= 15 is 0 Å². The Balaban J connectivity index is 0.000000251. The smallest absolute Gasteiger partial charge is 0.410 e. The van der Waals surface area contributed by atoms with Crippen LogP contribution in [0, 0.1) is 5.92 Å². The number of halogens is 6. The van der Waals surface area contributed by atoms with E-state index in [9.17, 15) is 59.0 Å². The molecule has 6 aromatic rings. The van der Waals surface area contributed by atoms with E-state index in [1.807, 2.05) is 62.9 Å². The van der Waals surface area contributed by atoms with Gasteiger partial charge in [-0.2, -0.15) is 26.3 Å². The number of aliphatic hydroxyl groups is 1. The molecule has 2 aromatic carbocycles. The molecule has 0 bridgehead atoms. The summed E-state index contributed by atoms with van der Waals surface area (Å²) in [5.74, 6) is -0.984. The van der Waals surface area contributed by atoms with Gasteiger partial charge >= 0.3 is 18.4 Å². The Hall–Kier alpha value is -7.91. The second kappa shape index (κ2) is 28.8. The van der Waals surface area contributed by atoms with Crippen molar-refractivity contribution < 1.29 is 72.6 Å². The average Bonchev–Trinajstić information content (AvgIpc) is 2.81. The second-order valence-electron chi connectivity index (χ2n) is 20.8. The van der Waals surface area contributed by atoms with E-state index in [0.717, 1.165) is 16.0 Å². The Morgan fingerprint density at radius 2 is 1.27 bits per heavy atom. The standard InChI is InChI=1S/C38H42F3N5O6S.C21H23F3N4O4/c39-38(40,41)25-43-37(49)34-22-45(21-30-13-14-35(52-30)32-12-6-7-15-42-32)16-17-46(34)20-29(47)19-28(18-26-8-2-1-3-9-26)36(48)44-33-24-53(50,51)23-27-10-4-5-11-31(27)33;1-2-11-31-20(30)28-10-9-27(13-17(28)19(29)26-14-21(22,23)24)12-15-6-7-18(32-15)16-5-3-4-8-25-16/h1-15,28-29,33-34,47H,16-25H2,(H,43,49)(H,44,48);2-8,17H,1,9-14H2,(H,26,29)/t28-,29+,33?,34+;17-/m10/s1. The summed E-state index contributed by atoms with van der Waals surface area (Å²) in [6.45, 7) is 2.18. The van der Waals surface area contributed by atoms with E-state index in [1.54, 1.807) is 90.1 Å². The lowest BCUT2D eigenvalue weighted by Gasteiger charge is -2.41. The van der Waals surface area contributed by atoms with E-state index in [0.29, 0.717) is 66.2 Å². The van der Waals surface area contributed by atoms with Gasteiger partial charge in [-0.05, 0) is 78.1 Å². The Kier molecular flexibility index (Phi) is 21.4. The Labute approximate surface area is 486 Å². The van der Waals surface area contributed by atoms with E-state index in [-0.39, 0.29) is 63.7 Å². The summed E-state index contributed by atoms with van der Waals surface area (Å²) in [6.07, 6.45) is -6.24. The van der Waals surface area contributed by atoms with Gasteiger partial charge in [0.15, 0.2) is 21.4 Å². The van der Waals surface area contributed by atoms with Crippen molar-refractivity contribution in [1.29, 1.82) is 0 Å². The molecule has 9 rings (SSSR count). The quantitative estimate of drug-likeness (QED) is 0.0459. The lowest BCUT2D eigenvalue weighted by Crippen LogP contribution is -2.61. The van der Waals surface area contributed by atoms with Crippen LogP contribution in [0.1, 0.15) is 40.7 Å². The van der Waals surface area contributed by atoms with Crippen molar-refractivity contribution in [2.45, 2.75) is 68.3 Å². The number of alkyl halides is 6. The zero-order valence-corrected chi connectivity index (χ0v) is 46.9. The molecular weight excluding hydrogens is 1140 g/mol. The first-order valence-corrected chi connectivity index (χ1v) is 29.1. The first-order valence-electron chi connectivity index (χ1n) is 27.3. The molecule has 4 N–H and O–H groups in total. The highest BCUT2D eigenvalue weighted by Crippen LogP contribution is 2.30. The predicted octanol–water partition coefficient (Wildman–Crippen LogP) is 6.73. The Morgan fingerprint density at radius 3 is 1.85 bits per heavy atom. The number of nitrogens with zero attached hydrogens (tertiary/aromatic N) is 6. The van der Waals surface area contributed by atoms with Gasteiger partial charge in [0.25, 0.3) is 0 Å². The third kappa shape index (κ3) is 18.8. The van der Waals surface area contributed by atoms with Crippen LogP contribution in [0.3, 0.4) is 0 Å². The largest absolute Gasteiger partial charge is 0.458 e. The molecule has 2 fully saturated rings. The van der Waals surface area contributed by atoms with Crippen LogP contribution in [0.25, 0.3) is 22.9 Å². The summed E-state index contributed by atoms with van der Waals surface area (Å²) in [5, 5.41) is 18.2. The SMILES string of the molecule is C=CCOC(=O)N1CCN(Cc2ccc(-c3ccccn3)o2)C[C@H]1C(=O)NCC(F)(F)F.O=C(NC1CS(=O)(=O)Cc2ccccc21)[C@H](Cc1ccccc1)C[C@H](O)CN1CCN(Cc2ccc(-c3ccccn3)o2)C[C@H]1C(=O)NCC(F)(F)F. The molecule has 1 unspecified atom stereocenters. The summed E-state index contributed by atoms with van der Waals surface area (Å²) < 4.78 is 119. The summed E-state index contributed by atoms with van der Waals surface area (Å²) >= 11 is 0. The molecule has 3 aliphatic heterocycles. The third-order valence-electron chi connectivity index (χ3n) is 14.3. The van der Waals surface area contributed by atoms with Crippen molar-refractivity contribution in [3.63, 3.8) is 0 Å². The molecule has 0 spiro atoms. The maximum Gasteiger partial charge on any atom is 0.410 e. The monoisotopic (exact) mass is 1210 g/mol. The van der Waals surface area contributed by atoms with Crippen molar-refractivity contribution in [2.75, 3.05) is 71.3 Å². The lowest BCUT2D eigenvalue weighted by atomic mass is 9.91. The molecule has 454 valence electrons. The molecule has 4 aromatic heterocycles. The van der Waals surface area contributed by atoms with Gasteiger partial charge in [-0.1, -0.05) is 79.4 Å². The van der Waals surface area contributed by atoms with Crippen molar-refractivity contribution in [3.8, 4) is 22.9 Å². The van der Waals surface area contributed by atoms with E-state index in [1.165, 1.54) is 6.08 Å². The molecule has 19 nitrogen and oxygen atoms in total. The number of rotatable bonds is 20. The van der Waals surface area contributed by atoms with E-state index in [2.05, 4.69) is 21.9 Å². The van der Waals surface area contributed by atoms with Crippen LogP contribution >= 0.6 is 0 Å². The molecule has 7 heterocycles. The number of pyridine rings is 2. The van der Waals surface area contributed by atoms with E-state index < -0.39 is 89.2 Å². The third-order valence-corrected chi connectivity index (χ3v) is 15.9. The van der Waals surface area contributed by atoms with Crippen LogP contribution in [0.2, 0.25) is 0 Å². The highest BCUT2D eigenvalue weighted by Gasteiger charge is 2.40. The maximum atomic E-state index is 13.9. The van der Waals surface area contributed by atoms with Crippen molar-refractivity contribution in [2.24, 2.45) is 5.92 Å². The predicted molar refractivity (Wildman–Crippen MR) is 299 cm³/mol. The van der Waals surface area contributed by atoms with Crippen molar-refractivity contribution in [1.82, 2.24) is 45.5 Å². The van der Waals surface area contributed by atoms with Crippen LogP contribution < -0.4 is 16.0 Å². The fourth-order valence-corrected chi connectivity index (χ4v) is 11.9. The number of furan rings is 2. The summed E-state index contributed by atoms with van der Waals surface area (Å²) in [7, 11) is -3.47. The zero-order valence-electron chi connectivity index (χ0n) is 46.1. The molecule has 26 heteroatoms. The number of hydrogen-bond acceptors (Lipinski definition) is 15. The van der Waals surface area contributed by atoms with Crippen molar-refractivity contribution >= 4 is 33.7 Å². The average molecular weight is 1210 g/mol. The maximum absolute atomic E-state index is 13.9. The minimum absolute atomic E-state index is 0.0203. The number of carbonyl (C=O) groups is 4. The van der Waals surface area contributed by atoms with Gasteiger partial charge in [0.05, 0.1) is 36.7 Å². The van der Waals surface area contributed by atoms with Gasteiger partial charge < -0.3 is 34.6 Å². The number of aromatic nitrogens is 2. The summed E-state index contributed by atoms with van der Waals surface area (Å²) in [4.78, 5) is 67.0. The number of sulfone groups is 1. The number of carbonyl (C=O) groups excluding carboxylic acids is 4. The number of hydrogen-bond donors (Lipinski definition) is 4. The fourth-order valence-electron chi connectivity index (χ4n) is 10.3. The molecule has 85 heavy (non-hydrogen) atoms. The topological polar surface area (TPSA) is 233 Å².